The van der Waals surface area contributed by atoms with Crippen LogP contribution in [-0.4, -0.2) is 47.8 Å². The van der Waals surface area contributed by atoms with Crippen LogP contribution in [0.25, 0.3) is 0 Å². The lowest BCUT2D eigenvalue weighted by Crippen LogP contribution is -2.30. The van der Waals surface area contributed by atoms with E-state index in [2.05, 4.69) is 10.1 Å². The number of likely N-dealkylation sites (tertiary alicyclic amines) is 1. The van der Waals surface area contributed by atoms with Crippen molar-refractivity contribution in [3.8, 4) is 0 Å². The SMILES string of the molecule is COC[C@@H]1CN(C(=O)Cc2ccccc2C)C[C@H]1c1nc(C2CC2)no1. The third kappa shape index (κ3) is 3.51. The Hall–Kier alpha value is -2.21. The molecule has 6 nitrogen and oxygen atoms in total. The first kappa shape index (κ1) is 17.2. The molecule has 0 bridgehead atoms. The van der Waals surface area contributed by atoms with Gasteiger partial charge in [0.05, 0.1) is 18.9 Å². The molecule has 1 aliphatic heterocycles. The van der Waals surface area contributed by atoms with Gasteiger partial charge in [-0.15, -0.1) is 0 Å². The van der Waals surface area contributed by atoms with E-state index < -0.39 is 0 Å². The van der Waals surface area contributed by atoms with Gasteiger partial charge in [0, 0.05) is 32.0 Å². The molecule has 26 heavy (non-hydrogen) atoms. The summed E-state index contributed by atoms with van der Waals surface area (Å²) in [5, 5.41) is 4.14. The van der Waals surface area contributed by atoms with Crippen LogP contribution in [0.2, 0.25) is 0 Å². The molecule has 1 saturated carbocycles. The average Bonchev–Trinajstić information content (AvgIpc) is 3.21. The topological polar surface area (TPSA) is 68.5 Å². The lowest BCUT2D eigenvalue weighted by atomic mass is 9.97. The third-order valence-corrected chi connectivity index (χ3v) is 5.49. The molecule has 0 spiro atoms. The van der Waals surface area contributed by atoms with Crippen LogP contribution >= 0.6 is 0 Å². The van der Waals surface area contributed by atoms with Gasteiger partial charge >= 0.3 is 0 Å². The molecule has 4 rings (SSSR count). The van der Waals surface area contributed by atoms with Crippen LogP contribution in [0.1, 0.15) is 47.5 Å². The summed E-state index contributed by atoms with van der Waals surface area (Å²) in [7, 11) is 1.69. The smallest absolute Gasteiger partial charge is 0.231 e. The first-order valence-corrected chi connectivity index (χ1v) is 9.30. The molecule has 2 aliphatic rings. The van der Waals surface area contributed by atoms with E-state index in [0.29, 0.717) is 37.9 Å². The molecule has 2 aromatic rings. The Bertz CT molecular complexity index is 784. The number of hydrogen-bond acceptors (Lipinski definition) is 5. The first-order chi connectivity index (χ1) is 12.7. The Balaban J connectivity index is 1.47. The Labute approximate surface area is 153 Å². The standard InChI is InChI=1S/C20H25N3O3/c1-13-5-3-4-6-15(13)9-18(24)23-10-16(12-25-2)17(11-23)20-21-19(22-26-20)14-7-8-14/h3-6,14,16-17H,7-12H2,1-2H3/t16-,17+/m0/s1. The zero-order chi connectivity index (χ0) is 18.1. The second kappa shape index (κ2) is 7.19. The molecule has 2 fully saturated rings. The lowest BCUT2D eigenvalue weighted by molar-refractivity contribution is -0.129. The van der Waals surface area contributed by atoms with Crippen molar-refractivity contribution in [2.45, 2.75) is 38.0 Å². The van der Waals surface area contributed by atoms with E-state index in [1.165, 1.54) is 0 Å². The number of aromatic nitrogens is 2. The van der Waals surface area contributed by atoms with Crippen molar-refractivity contribution >= 4 is 5.91 Å². The summed E-state index contributed by atoms with van der Waals surface area (Å²) in [5.74, 6) is 2.32. The maximum atomic E-state index is 12.8. The Morgan fingerprint density at radius 3 is 2.85 bits per heavy atom. The molecular formula is C20H25N3O3. The molecule has 2 atom stereocenters. The number of amides is 1. The molecule has 1 aromatic carbocycles. The molecule has 138 valence electrons. The molecule has 1 amide bonds. The molecular weight excluding hydrogens is 330 g/mol. The first-order valence-electron chi connectivity index (χ1n) is 9.30. The quantitative estimate of drug-likeness (QED) is 0.797. The Kier molecular flexibility index (Phi) is 4.76. The molecule has 2 heterocycles. The van der Waals surface area contributed by atoms with Gasteiger partial charge in [0.1, 0.15) is 0 Å². The number of aryl methyl sites for hydroxylation is 1. The fourth-order valence-corrected chi connectivity index (χ4v) is 3.73. The second-order valence-corrected chi connectivity index (χ2v) is 7.49. The van der Waals surface area contributed by atoms with Gasteiger partial charge in [-0.05, 0) is 30.9 Å². The van der Waals surface area contributed by atoms with Crippen molar-refractivity contribution < 1.29 is 14.1 Å². The van der Waals surface area contributed by atoms with E-state index in [1.807, 2.05) is 36.1 Å². The van der Waals surface area contributed by atoms with E-state index in [0.717, 1.165) is 29.8 Å². The van der Waals surface area contributed by atoms with Crippen molar-refractivity contribution in [3.63, 3.8) is 0 Å². The van der Waals surface area contributed by atoms with Gasteiger partial charge in [-0.3, -0.25) is 4.79 Å². The predicted molar refractivity (Wildman–Crippen MR) is 95.8 cm³/mol. The van der Waals surface area contributed by atoms with Crippen molar-refractivity contribution in [2.75, 3.05) is 26.8 Å². The van der Waals surface area contributed by atoms with Crippen LogP contribution in [0.5, 0.6) is 0 Å². The van der Waals surface area contributed by atoms with E-state index in [-0.39, 0.29) is 17.7 Å². The second-order valence-electron chi connectivity index (χ2n) is 7.49. The highest BCUT2D eigenvalue weighted by Gasteiger charge is 2.40. The molecule has 6 heteroatoms. The van der Waals surface area contributed by atoms with Crippen molar-refractivity contribution in [2.24, 2.45) is 5.92 Å². The maximum Gasteiger partial charge on any atom is 0.231 e. The monoisotopic (exact) mass is 355 g/mol. The summed E-state index contributed by atoms with van der Waals surface area (Å²) >= 11 is 0. The van der Waals surface area contributed by atoms with Gasteiger partial charge in [0.15, 0.2) is 5.82 Å². The minimum Gasteiger partial charge on any atom is -0.384 e. The number of carbonyl (C=O) groups is 1. The molecule has 0 unspecified atom stereocenters. The number of hydrogen-bond donors (Lipinski definition) is 0. The molecule has 0 radical (unpaired) electrons. The molecule has 0 N–H and O–H groups in total. The van der Waals surface area contributed by atoms with E-state index in [4.69, 9.17) is 9.26 Å². The fourth-order valence-electron chi connectivity index (χ4n) is 3.73. The van der Waals surface area contributed by atoms with Gasteiger partial charge < -0.3 is 14.2 Å². The van der Waals surface area contributed by atoms with Crippen LogP contribution in [0.15, 0.2) is 28.8 Å². The lowest BCUT2D eigenvalue weighted by Gasteiger charge is -2.17. The minimum atomic E-state index is 0.0516. The van der Waals surface area contributed by atoms with Gasteiger partial charge in [-0.1, -0.05) is 29.4 Å². The Morgan fingerprint density at radius 2 is 2.12 bits per heavy atom. The highest BCUT2D eigenvalue weighted by molar-refractivity contribution is 5.79. The van der Waals surface area contributed by atoms with E-state index in [9.17, 15) is 4.79 Å². The van der Waals surface area contributed by atoms with Crippen LogP contribution < -0.4 is 0 Å². The highest BCUT2D eigenvalue weighted by Crippen LogP contribution is 2.40. The largest absolute Gasteiger partial charge is 0.384 e. The predicted octanol–water partition coefficient (Wildman–Crippen LogP) is 2.69. The number of nitrogens with zero attached hydrogens (tertiary/aromatic N) is 3. The van der Waals surface area contributed by atoms with Crippen molar-refractivity contribution in [1.82, 2.24) is 15.0 Å². The zero-order valence-corrected chi connectivity index (χ0v) is 15.4. The van der Waals surface area contributed by atoms with Gasteiger partial charge in [0.2, 0.25) is 11.8 Å². The fraction of sp³-hybridized carbons (Fsp3) is 0.550. The summed E-state index contributed by atoms with van der Waals surface area (Å²) in [4.78, 5) is 19.4. The van der Waals surface area contributed by atoms with Crippen molar-refractivity contribution in [3.05, 3.63) is 47.1 Å². The summed E-state index contributed by atoms with van der Waals surface area (Å²) in [5.41, 5.74) is 2.23. The summed E-state index contributed by atoms with van der Waals surface area (Å²) in [6.07, 6.45) is 2.72. The normalized spacial score (nSPS) is 22.8. The molecule has 1 aromatic heterocycles. The number of rotatable bonds is 6. The third-order valence-electron chi connectivity index (χ3n) is 5.49. The number of methoxy groups -OCH3 is 1. The minimum absolute atomic E-state index is 0.0516. The van der Waals surface area contributed by atoms with Crippen LogP contribution in [0.4, 0.5) is 0 Å². The summed E-state index contributed by atoms with van der Waals surface area (Å²) in [6, 6.07) is 8.04. The molecule has 1 aliphatic carbocycles. The van der Waals surface area contributed by atoms with Gasteiger partial charge in [-0.25, -0.2) is 0 Å². The van der Waals surface area contributed by atoms with E-state index in [1.54, 1.807) is 7.11 Å². The summed E-state index contributed by atoms with van der Waals surface area (Å²) in [6.45, 7) is 3.91. The average molecular weight is 355 g/mol. The number of benzene rings is 1. The number of carbonyl (C=O) groups excluding carboxylic acids is 1. The maximum absolute atomic E-state index is 12.8. The zero-order valence-electron chi connectivity index (χ0n) is 15.4. The Morgan fingerprint density at radius 1 is 1.31 bits per heavy atom. The van der Waals surface area contributed by atoms with Crippen molar-refractivity contribution in [1.29, 1.82) is 0 Å². The van der Waals surface area contributed by atoms with Crippen LogP contribution in [0.3, 0.4) is 0 Å². The van der Waals surface area contributed by atoms with Gasteiger partial charge in [-0.2, -0.15) is 4.98 Å². The highest BCUT2D eigenvalue weighted by atomic mass is 16.5. The van der Waals surface area contributed by atoms with E-state index >= 15 is 0 Å². The number of ether oxygens (including phenoxy) is 1. The summed E-state index contributed by atoms with van der Waals surface area (Å²) < 4.78 is 10.9. The van der Waals surface area contributed by atoms with Crippen LogP contribution in [0, 0.1) is 12.8 Å². The molecule has 1 saturated heterocycles. The van der Waals surface area contributed by atoms with Gasteiger partial charge in [0.25, 0.3) is 0 Å². The van der Waals surface area contributed by atoms with Crippen LogP contribution in [-0.2, 0) is 16.0 Å².